The Balaban J connectivity index is 1.60. The van der Waals surface area contributed by atoms with Gasteiger partial charge in [-0.15, -0.1) is 11.3 Å². The van der Waals surface area contributed by atoms with Crippen LogP contribution in [0.15, 0.2) is 41.3 Å². The quantitative estimate of drug-likeness (QED) is 0.382. The highest BCUT2D eigenvalue weighted by atomic mass is 32.1. The molecule has 1 saturated heterocycles. The monoisotopic (exact) mass is 508 g/mol. The smallest absolute Gasteiger partial charge is 0.227 e. The van der Waals surface area contributed by atoms with E-state index in [4.69, 9.17) is 15.5 Å². The second kappa shape index (κ2) is 10.9. The first-order chi connectivity index (χ1) is 17.2. The zero-order chi connectivity index (χ0) is 25.9. The number of hydrogen-bond donors (Lipinski definition) is 3. The third kappa shape index (κ3) is 5.69. The summed E-state index contributed by atoms with van der Waals surface area (Å²) in [5.41, 5.74) is 9.86. The first-order valence-electron chi connectivity index (χ1n) is 12.2. The highest BCUT2D eigenvalue weighted by molar-refractivity contribution is 7.19. The Morgan fingerprint density at radius 3 is 2.75 bits per heavy atom. The van der Waals surface area contributed by atoms with E-state index in [0.29, 0.717) is 17.6 Å². The predicted octanol–water partition coefficient (Wildman–Crippen LogP) is 4.57. The van der Waals surface area contributed by atoms with Crippen LogP contribution in [0.1, 0.15) is 37.1 Å². The van der Waals surface area contributed by atoms with E-state index >= 15 is 0 Å². The number of aliphatic imine (C=N–C) groups is 1. The van der Waals surface area contributed by atoms with Crippen molar-refractivity contribution in [2.75, 3.05) is 32.6 Å². The second-order valence-corrected chi connectivity index (χ2v) is 11.1. The van der Waals surface area contributed by atoms with Gasteiger partial charge in [0.2, 0.25) is 5.95 Å². The van der Waals surface area contributed by atoms with Gasteiger partial charge in [-0.25, -0.2) is 9.97 Å². The number of nitrogens with two attached hydrogens (primary N) is 1. The van der Waals surface area contributed by atoms with Crippen LogP contribution in [0, 0.1) is 12.8 Å². The van der Waals surface area contributed by atoms with E-state index in [0.717, 1.165) is 64.4 Å². The first kappa shape index (κ1) is 26.1. The van der Waals surface area contributed by atoms with Crippen molar-refractivity contribution in [1.29, 1.82) is 0 Å². The number of rotatable bonds is 8. The Morgan fingerprint density at radius 1 is 1.36 bits per heavy atom. The summed E-state index contributed by atoms with van der Waals surface area (Å²) in [7, 11) is 3.40. The zero-order valence-corrected chi connectivity index (χ0v) is 22.5. The Morgan fingerprint density at radius 2 is 2.11 bits per heavy atom. The highest BCUT2D eigenvalue weighted by Gasteiger charge is 2.30. The van der Waals surface area contributed by atoms with Gasteiger partial charge in [-0.1, -0.05) is 12.1 Å². The Hall–Kier alpha value is -3.01. The van der Waals surface area contributed by atoms with Crippen LogP contribution in [-0.2, 0) is 6.54 Å². The SMILES string of the molecule is CN=CC(=CN)Nc1ncc2sc(C)c(-c3ccc(CN4CCC(C(C)(C)O)CC4)cc3OC)c2n1. The molecule has 1 aliphatic heterocycles. The van der Waals surface area contributed by atoms with E-state index in [9.17, 15) is 5.11 Å². The topological polar surface area (TPSA) is 109 Å². The number of allylic oxidation sites excluding steroid dienone is 1. The molecule has 4 rings (SSSR count). The van der Waals surface area contributed by atoms with E-state index in [1.165, 1.54) is 11.8 Å². The summed E-state index contributed by atoms with van der Waals surface area (Å²) in [4.78, 5) is 16.9. The van der Waals surface area contributed by atoms with Crippen molar-refractivity contribution in [3.63, 3.8) is 0 Å². The maximum atomic E-state index is 10.3. The number of ether oxygens (including phenoxy) is 1. The summed E-state index contributed by atoms with van der Waals surface area (Å²) in [6.45, 7) is 8.78. The fourth-order valence-electron chi connectivity index (χ4n) is 4.87. The number of nitrogens with one attached hydrogen (secondary N) is 1. The number of anilines is 1. The number of methoxy groups -OCH3 is 1. The van der Waals surface area contributed by atoms with Gasteiger partial charge in [-0.3, -0.25) is 9.89 Å². The molecule has 2 aromatic heterocycles. The third-order valence-electron chi connectivity index (χ3n) is 6.84. The molecule has 3 heterocycles. The van der Waals surface area contributed by atoms with Gasteiger partial charge in [0, 0.05) is 42.0 Å². The number of fused-ring (bicyclic) bond motifs is 1. The van der Waals surface area contributed by atoms with Crippen molar-refractivity contribution in [1.82, 2.24) is 14.9 Å². The van der Waals surface area contributed by atoms with Gasteiger partial charge in [-0.05, 0) is 64.3 Å². The highest BCUT2D eigenvalue weighted by Crippen LogP contribution is 2.42. The molecule has 9 heteroatoms. The molecule has 0 unspecified atom stereocenters. The largest absolute Gasteiger partial charge is 0.496 e. The molecular formula is C27H36N6O2S. The lowest BCUT2D eigenvalue weighted by atomic mass is 9.83. The lowest BCUT2D eigenvalue weighted by Gasteiger charge is -2.37. The van der Waals surface area contributed by atoms with Crippen molar-refractivity contribution in [3.05, 3.63) is 46.7 Å². The van der Waals surface area contributed by atoms with Crippen LogP contribution in [0.5, 0.6) is 5.75 Å². The average molecular weight is 509 g/mol. The molecule has 3 aromatic rings. The van der Waals surface area contributed by atoms with E-state index < -0.39 is 5.60 Å². The molecule has 4 N–H and O–H groups in total. The maximum absolute atomic E-state index is 10.3. The van der Waals surface area contributed by atoms with Gasteiger partial charge < -0.3 is 20.9 Å². The van der Waals surface area contributed by atoms with Crippen molar-refractivity contribution >= 4 is 33.7 Å². The molecule has 0 radical (unpaired) electrons. The Kier molecular flexibility index (Phi) is 7.92. The van der Waals surface area contributed by atoms with Gasteiger partial charge in [0.25, 0.3) is 0 Å². The minimum absolute atomic E-state index is 0.354. The number of piperidine rings is 1. The van der Waals surface area contributed by atoms with Gasteiger partial charge in [0.1, 0.15) is 5.75 Å². The maximum Gasteiger partial charge on any atom is 0.227 e. The number of benzene rings is 1. The number of nitrogens with zero attached hydrogens (tertiary/aromatic N) is 4. The molecule has 0 saturated carbocycles. The Labute approximate surface area is 216 Å². The lowest BCUT2D eigenvalue weighted by molar-refractivity contribution is -0.0136. The van der Waals surface area contributed by atoms with Crippen molar-refractivity contribution in [2.24, 2.45) is 16.6 Å². The summed E-state index contributed by atoms with van der Waals surface area (Å²) in [6.07, 6.45) is 6.93. The van der Waals surface area contributed by atoms with Crippen LogP contribution in [0.25, 0.3) is 21.3 Å². The number of aromatic nitrogens is 2. The summed E-state index contributed by atoms with van der Waals surface area (Å²) in [5.74, 6) is 1.64. The predicted molar refractivity (Wildman–Crippen MR) is 149 cm³/mol. The molecular weight excluding hydrogens is 472 g/mol. The third-order valence-corrected chi connectivity index (χ3v) is 7.87. The normalized spacial score (nSPS) is 16.2. The molecule has 1 aromatic carbocycles. The van der Waals surface area contributed by atoms with E-state index in [-0.39, 0.29) is 0 Å². The molecule has 0 amide bonds. The van der Waals surface area contributed by atoms with E-state index in [1.54, 1.807) is 31.7 Å². The number of likely N-dealkylation sites (tertiary alicyclic amines) is 1. The van der Waals surface area contributed by atoms with Crippen LogP contribution in [0.2, 0.25) is 0 Å². The molecule has 0 bridgehead atoms. The van der Waals surface area contributed by atoms with Crippen LogP contribution in [-0.4, -0.2) is 59.0 Å². The number of aliphatic hydroxyl groups is 1. The van der Waals surface area contributed by atoms with Crippen molar-refractivity contribution < 1.29 is 9.84 Å². The molecule has 1 fully saturated rings. The van der Waals surface area contributed by atoms with Crippen LogP contribution < -0.4 is 15.8 Å². The van der Waals surface area contributed by atoms with Gasteiger partial charge in [-0.2, -0.15) is 0 Å². The number of thiophene rings is 1. The molecule has 36 heavy (non-hydrogen) atoms. The van der Waals surface area contributed by atoms with Crippen LogP contribution in [0.3, 0.4) is 0 Å². The molecule has 0 atom stereocenters. The van der Waals surface area contributed by atoms with Gasteiger partial charge in [0.15, 0.2) is 0 Å². The molecule has 1 aliphatic rings. The summed E-state index contributed by atoms with van der Waals surface area (Å²) >= 11 is 1.67. The molecule has 192 valence electrons. The average Bonchev–Trinajstić information content (AvgIpc) is 3.18. The summed E-state index contributed by atoms with van der Waals surface area (Å²) in [6, 6.07) is 6.44. The molecule has 0 aliphatic carbocycles. The van der Waals surface area contributed by atoms with Gasteiger partial charge in [0.05, 0.1) is 34.8 Å². The second-order valence-electron chi connectivity index (χ2n) is 9.81. The standard InChI is InChI=1S/C27H36N6O2S/c1-17-24(25-23(36-17)15-30-26(32-25)31-20(13-28)14-29-4)21-7-6-18(12-22(21)35-5)16-33-10-8-19(9-11-33)27(2,3)34/h6-7,12-15,19,34H,8-11,16,28H2,1-5H3,(H,30,31,32). The fraction of sp³-hybridized carbons (Fsp3) is 0.444. The number of hydrogen-bond acceptors (Lipinski definition) is 9. The first-order valence-corrected chi connectivity index (χ1v) is 13.0. The Bertz CT molecular complexity index is 1270. The van der Waals surface area contributed by atoms with Crippen LogP contribution >= 0.6 is 11.3 Å². The number of aryl methyl sites for hydroxylation is 1. The van der Waals surface area contributed by atoms with Crippen LogP contribution in [0.4, 0.5) is 5.95 Å². The van der Waals surface area contributed by atoms with Crippen molar-refractivity contribution in [2.45, 2.75) is 45.8 Å². The minimum Gasteiger partial charge on any atom is -0.496 e. The molecule has 8 nitrogen and oxygen atoms in total. The summed E-state index contributed by atoms with van der Waals surface area (Å²) < 4.78 is 6.87. The summed E-state index contributed by atoms with van der Waals surface area (Å²) in [5, 5.41) is 13.5. The van der Waals surface area contributed by atoms with E-state index in [1.807, 2.05) is 20.0 Å². The zero-order valence-electron chi connectivity index (χ0n) is 21.7. The molecule has 0 spiro atoms. The lowest BCUT2D eigenvalue weighted by Crippen LogP contribution is -2.41. The minimum atomic E-state index is -0.608. The van der Waals surface area contributed by atoms with Crippen molar-refractivity contribution in [3.8, 4) is 16.9 Å². The fourth-order valence-corrected chi connectivity index (χ4v) is 5.85. The van der Waals surface area contributed by atoms with E-state index in [2.05, 4.69) is 45.3 Å². The van der Waals surface area contributed by atoms with Gasteiger partial charge >= 0.3 is 0 Å².